The van der Waals surface area contributed by atoms with Crippen molar-refractivity contribution >= 4 is 40.3 Å². The van der Waals surface area contributed by atoms with E-state index in [0.717, 1.165) is 33.1 Å². The molecule has 2 heterocycles. The van der Waals surface area contributed by atoms with Crippen molar-refractivity contribution in [2.45, 2.75) is 30.9 Å². The fourth-order valence-electron chi connectivity index (χ4n) is 4.02. The number of benzene rings is 3. The number of carbonyl (C=O) groups is 1. The molecule has 5 nitrogen and oxygen atoms in total. The second-order valence-corrected chi connectivity index (χ2v) is 9.94. The number of nitrogens with zero attached hydrogens (tertiary/aromatic N) is 3. The summed E-state index contributed by atoms with van der Waals surface area (Å²) in [4.78, 5) is 21.8. The van der Waals surface area contributed by atoms with Crippen molar-refractivity contribution < 1.29 is 4.79 Å². The van der Waals surface area contributed by atoms with Crippen LogP contribution in [0.2, 0.25) is 5.02 Å². The summed E-state index contributed by atoms with van der Waals surface area (Å²) >= 11 is 7.91. The number of carbonyl (C=O) groups excluding carboxylic acids is 1. The molecule has 2 aromatic heterocycles. The van der Waals surface area contributed by atoms with E-state index < -0.39 is 0 Å². The number of aryl methyl sites for hydroxylation is 1. The van der Waals surface area contributed by atoms with Crippen molar-refractivity contribution in [3.63, 3.8) is 0 Å². The van der Waals surface area contributed by atoms with Crippen LogP contribution in [0.15, 0.2) is 96.4 Å². The molecular weight excluding hydrogens is 488 g/mol. The molecule has 0 saturated heterocycles. The molecule has 0 aliphatic carbocycles. The first-order chi connectivity index (χ1) is 17.6. The molecule has 3 aromatic carbocycles. The summed E-state index contributed by atoms with van der Waals surface area (Å²) < 4.78 is 2.19. The third-order valence-electron chi connectivity index (χ3n) is 5.92. The topological polar surface area (TPSA) is 59.8 Å². The highest BCUT2D eigenvalue weighted by Crippen LogP contribution is 2.27. The van der Waals surface area contributed by atoms with E-state index in [-0.39, 0.29) is 5.91 Å². The second-order valence-electron chi connectivity index (χ2n) is 8.59. The number of aromatic nitrogens is 3. The van der Waals surface area contributed by atoms with Crippen LogP contribution in [0.5, 0.6) is 0 Å². The molecule has 0 aliphatic heterocycles. The molecule has 5 aromatic rings. The normalized spacial score (nSPS) is 11.1. The molecular formula is C29H25ClN4OS. The van der Waals surface area contributed by atoms with E-state index >= 15 is 0 Å². The fourth-order valence-corrected chi connectivity index (χ4v) is 5.18. The van der Waals surface area contributed by atoms with Gasteiger partial charge < -0.3 is 9.88 Å². The van der Waals surface area contributed by atoms with Crippen molar-refractivity contribution in [3.8, 4) is 0 Å². The maximum atomic E-state index is 12.6. The quantitative estimate of drug-likeness (QED) is 0.236. The average Bonchev–Trinajstić information content (AvgIpc) is 3.24. The van der Waals surface area contributed by atoms with Crippen molar-refractivity contribution in [1.82, 2.24) is 19.9 Å². The molecule has 0 atom stereocenters. The summed E-state index contributed by atoms with van der Waals surface area (Å²) in [6, 6.07) is 25.7. The van der Waals surface area contributed by atoms with Crippen molar-refractivity contribution in [1.29, 1.82) is 0 Å². The highest BCUT2D eigenvalue weighted by atomic mass is 35.5. The number of halogens is 1. The number of nitrogens with one attached hydrogen (secondary N) is 1. The highest BCUT2D eigenvalue weighted by Gasteiger charge is 2.13. The predicted octanol–water partition coefficient (Wildman–Crippen LogP) is 6.66. The molecule has 7 heteroatoms. The third-order valence-corrected chi connectivity index (χ3v) is 7.34. The lowest BCUT2D eigenvalue weighted by molar-refractivity contribution is 0.0951. The smallest absolute Gasteiger partial charge is 0.251 e. The Morgan fingerprint density at radius 2 is 1.83 bits per heavy atom. The van der Waals surface area contributed by atoms with E-state index in [9.17, 15) is 4.79 Å². The summed E-state index contributed by atoms with van der Waals surface area (Å²) in [7, 11) is 0. The van der Waals surface area contributed by atoms with Gasteiger partial charge in [0, 0.05) is 29.1 Å². The Balaban J connectivity index is 1.31. The predicted molar refractivity (Wildman–Crippen MR) is 146 cm³/mol. The van der Waals surface area contributed by atoms with E-state index in [1.165, 1.54) is 11.1 Å². The van der Waals surface area contributed by atoms with Crippen molar-refractivity contribution in [2.75, 3.05) is 0 Å². The summed E-state index contributed by atoms with van der Waals surface area (Å²) in [5.41, 5.74) is 7.01. The van der Waals surface area contributed by atoms with E-state index in [0.29, 0.717) is 23.7 Å². The van der Waals surface area contributed by atoms with Gasteiger partial charge in [-0.3, -0.25) is 9.78 Å². The average molecular weight is 513 g/mol. The number of amides is 1. The Morgan fingerprint density at radius 1 is 1.00 bits per heavy atom. The van der Waals surface area contributed by atoms with Gasteiger partial charge in [-0.15, -0.1) is 0 Å². The standard InChI is InChI=1S/C29H25ClN4OS/c1-20-5-4-6-22(15-20)19-36-29-33-26-13-14-31-17-27(26)34(29)18-21-9-11-23(12-10-21)28(35)32-16-24-7-2-3-8-25(24)30/h2-15,17H,16,18-19H2,1H3,(H,32,35). The van der Waals surface area contributed by atoms with Gasteiger partial charge in [-0.2, -0.15) is 0 Å². The summed E-state index contributed by atoms with van der Waals surface area (Å²) in [5, 5.41) is 4.53. The van der Waals surface area contributed by atoms with Gasteiger partial charge in [-0.05, 0) is 47.9 Å². The van der Waals surface area contributed by atoms with Crippen LogP contribution in [0.1, 0.15) is 32.6 Å². The second kappa shape index (κ2) is 11.0. The van der Waals surface area contributed by atoms with E-state index in [4.69, 9.17) is 16.6 Å². The van der Waals surface area contributed by atoms with Gasteiger partial charge in [0.05, 0.1) is 23.8 Å². The number of hydrogen-bond donors (Lipinski definition) is 1. The maximum Gasteiger partial charge on any atom is 0.251 e. The van der Waals surface area contributed by atoms with Gasteiger partial charge in [-0.1, -0.05) is 83.5 Å². The van der Waals surface area contributed by atoms with Crippen LogP contribution in [0, 0.1) is 6.92 Å². The zero-order chi connectivity index (χ0) is 24.9. The lowest BCUT2D eigenvalue weighted by Crippen LogP contribution is -2.22. The monoisotopic (exact) mass is 512 g/mol. The largest absolute Gasteiger partial charge is 0.348 e. The molecule has 0 saturated carbocycles. The van der Waals surface area contributed by atoms with E-state index in [1.807, 2.05) is 60.8 Å². The van der Waals surface area contributed by atoms with Gasteiger partial charge in [0.2, 0.25) is 0 Å². The Labute approximate surface area is 219 Å². The minimum atomic E-state index is -0.131. The first kappa shape index (κ1) is 24.1. The van der Waals surface area contributed by atoms with E-state index in [1.54, 1.807) is 18.0 Å². The van der Waals surface area contributed by atoms with Crippen LogP contribution in [0.4, 0.5) is 0 Å². The highest BCUT2D eigenvalue weighted by molar-refractivity contribution is 7.98. The number of pyridine rings is 1. The molecule has 0 bridgehead atoms. The lowest BCUT2D eigenvalue weighted by Gasteiger charge is -2.11. The number of thioether (sulfide) groups is 1. The molecule has 0 aliphatic rings. The summed E-state index contributed by atoms with van der Waals surface area (Å²) in [5.74, 6) is 0.705. The molecule has 36 heavy (non-hydrogen) atoms. The first-order valence-electron chi connectivity index (χ1n) is 11.7. The summed E-state index contributed by atoms with van der Waals surface area (Å²) in [6.45, 7) is 3.13. The third kappa shape index (κ3) is 5.61. The van der Waals surface area contributed by atoms with Gasteiger partial charge >= 0.3 is 0 Å². The molecule has 5 rings (SSSR count). The minimum Gasteiger partial charge on any atom is -0.348 e. The molecule has 0 radical (unpaired) electrons. The number of rotatable bonds is 8. The molecule has 0 fully saturated rings. The van der Waals surface area contributed by atoms with Crippen LogP contribution in [-0.4, -0.2) is 20.4 Å². The van der Waals surface area contributed by atoms with Crippen LogP contribution in [0.25, 0.3) is 11.0 Å². The number of fused-ring (bicyclic) bond motifs is 1. The van der Waals surface area contributed by atoms with Crippen LogP contribution >= 0.6 is 23.4 Å². The first-order valence-corrected chi connectivity index (χ1v) is 13.0. The van der Waals surface area contributed by atoms with Gasteiger partial charge in [0.1, 0.15) is 0 Å². The fraction of sp³-hybridized carbons (Fsp3) is 0.138. The van der Waals surface area contributed by atoms with Crippen LogP contribution in [-0.2, 0) is 18.8 Å². The summed E-state index contributed by atoms with van der Waals surface area (Å²) in [6.07, 6.45) is 3.63. The minimum absolute atomic E-state index is 0.131. The maximum absolute atomic E-state index is 12.6. The van der Waals surface area contributed by atoms with Crippen molar-refractivity contribution in [2.24, 2.45) is 0 Å². The molecule has 0 spiro atoms. The number of imidazole rings is 1. The van der Waals surface area contributed by atoms with Gasteiger partial charge in [-0.25, -0.2) is 4.98 Å². The lowest BCUT2D eigenvalue weighted by atomic mass is 10.1. The van der Waals surface area contributed by atoms with Crippen LogP contribution < -0.4 is 5.32 Å². The van der Waals surface area contributed by atoms with Crippen molar-refractivity contribution in [3.05, 3.63) is 124 Å². The molecule has 1 N–H and O–H groups in total. The van der Waals surface area contributed by atoms with Gasteiger partial charge in [0.25, 0.3) is 5.91 Å². The zero-order valence-corrected chi connectivity index (χ0v) is 21.4. The van der Waals surface area contributed by atoms with Crippen LogP contribution in [0.3, 0.4) is 0 Å². The van der Waals surface area contributed by atoms with Gasteiger partial charge in [0.15, 0.2) is 5.16 Å². The Hall–Kier alpha value is -3.61. The molecule has 0 unspecified atom stereocenters. The van der Waals surface area contributed by atoms with E-state index in [2.05, 4.69) is 46.1 Å². The SMILES string of the molecule is Cc1cccc(CSc2nc3ccncc3n2Cc2ccc(C(=O)NCc3ccccc3Cl)cc2)c1. The number of hydrogen-bond acceptors (Lipinski definition) is 4. The Bertz CT molecular complexity index is 1510. The Morgan fingerprint density at radius 3 is 2.64 bits per heavy atom. The molecule has 180 valence electrons. The molecule has 1 amide bonds. The Kier molecular flexibility index (Phi) is 7.35. The zero-order valence-electron chi connectivity index (χ0n) is 19.8.